The zero-order chi connectivity index (χ0) is 15.2. The lowest BCUT2D eigenvalue weighted by Crippen LogP contribution is -2.45. The van der Waals surface area contributed by atoms with Crippen LogP contribution in [0, 0.1) is 5.41 Å². The number of nitrogens with one attached hydrogen (secondary N) is 1. The SMILES string of the molecule is CC(C)(C)[C@H](N)C(=O)Nc1ccc2nc(C3CC3)oc2c1. The first-order valence-corrected chi connectivity index (χ1v) is 7.31. The van der Waals surface area contributed by atoms with Crippen LogP contribution in [0.3, 0.4) is 0 Å². The average Bonchev–Trinajstić information content (AvgIpc) is 3.17. The molecule has 1 atom stereocenters. The lowest BCUT2D eigenvalue weighted by atomic mass is 9.87. The van der Waals surface area contributed by atoms with Crippen LogP contribution in [0.1, 0.15) is 45.4 Å². The van der Waals surface area contributed by atoms with E-state index in [1.165, 1.54) is 0 Å². The molecule has 112 valence electrons. The van der Waals surface area contributed by atoms with Crippen molar-refractivity contribution in [2.75, 3.05) is 5.32 Å². The molecule has 5 heteroatoms. The summed E-state index contributed by atoms with van der Waals surface area (Å²) < 4.78 is 5.75. The third-order valence-corrected chi connectivity index (χ3v) is 3.81. The number of nitrogens with zero attached hydrogens (tertiary/aromatic N) is 1. The Morgan fingerprint density at radius 3 is 2.76 bits per heavy atom. The zero-order valence-electron chi connectivity index (χ0n) is 12.6. The lowest BCUT2D eigenvalue weighted by molar-refractivity contribution is -0.119. The Hall–Kier alpha value is -1.88. The Morgan fingerprint density at radius 2 is 2.14 bits per heavy atom. The van der Waals surface area contributed by atoms with E-state index in [9.17, 15) is 4.79 Å². The molecule has 2 aromatic rings. The van der Waals surface area contributed by atoms with Crippen LogP contribution < -0.4 is 11.1 Å². The van der Waals surface area contributed by atoms with Crippen LogP contribution in [0.5, 0.6) is 0 Å². The molecule has 0 unspecified atom stereocenters. The van der Waals surface area contributed by atoms with Crippen LogP contribution in [0.2, 0.25) is 0 Å². The molecule has 21 heavy (non-hydrogen) atoms. The first kappa shape index (κ1) is 14.1. The topological polar surface area (TPSA) is 81.2 Å². The molecule has 1 aliphatic carbocycles. The number of hydrogen-bond acceptors (Lipinski definition) is 4. The fourth-order valence-electron chi connectivity index (χ4n) is 2.14. The second-order valence-electron chi connectivity index (χ2n) is 6.84. The molecule has 0 radical (unpaired) electrons. The van der Waals surface area contributed by atoms with E-state index in [1.54, 1.807) is 0 Å². The maximum atomic E-state index is 12.1. The molecular formula is C16H21N3O2. The summed E-state index contributed by atoms with van der Waals surface area (Å²) in [6, 6.07) is 4.93. The average molecular weight is 287 g/mol. The van der Waals surface area contributed by atoms with E-state index in [-0.39, 0.29) is 11.3 Å². The summed E-state index contributed by atoms with van der Waals surface area (Å²) in [6.07, 6.45) is 2.30. The van der Waals surface area contributed by atoms with E-state index in [0.29, 0.717) is 17.2 Å². The van der Waals surface area contributed by atoms with Crippen molar-refractivity contribution in [2.24, 2.45) is 11.1 Å². The van der Waals surface area contributed by atoms with Gasteiger partial charge >= 0.3 is 0 Å². The van der Waals surface area contributed by atoms with Crippen molar-refractivity contribution in [2.45, 2.75) is 45.6 Å². The molecule has 1 saturated carbocycles. The second-order valence-corrected chi connectivity index (χ2v) is 6.84. The van der Waals surface area contributed by atoms with Gasteiger partial charge in [-0.3, -0.25) is 4.79 Å². The Labute approximate surface area is 123 Å². The van der Waals surface area contributed by atoms with E-state index >= 15 is 0 Å². The molecule has 3 rings (SSSR count). The van der Waals surface area contributed by atoms with Gasteiger partial charge in [-0.25, -0.2) is 4.98 Å². The Kier molecular flexibility index (Phi) is 3.24. The van der Waals surface area contributed by atoms with Crippen molar-refractivity contribution in [1.82, 2.24) is 4.98 Å². The highest BCUT2D eigenvalue weighted by atomic mass is 16.3. The van der Waals surface area contributed by atoms with Gasteiger partial charge in [-0.1, -0.05) is 20.8 Å². The van der Waals surface area contributed by atoms with E-state index in [2.05, 4.69) is 10.3 Å². The quantitative estimate of drug-likeness (QED) is 0.909. The van der Waals surface area contributed by atoms with Gasteiger partial charge in [-0.2, -0.15) is 0 Å². The number of carbonyl (C=O) groups excluding carboxylic acids is 1. The van der Waals surface area contributed by atoms with Crippen LogP contribution in [0.4, 0.5) is 5.69 Å². The van der Waals surface area contributed by atoms with Gasteiger partial charge in [-0.15, -0.1) is 0 Å². The first-order chi connectivity index (χ1) is 9.84. The number of rotatable bonds is 3. The van der Waals surface area contributed by atoms with Crippen molar-refractivity contribution >= 4 is 22.7 Å². The third-order valence-electron chi connectivity index (χ3n) is 3.81. The summed E-state index contributed by atoms with van der Waals surface area (Å²) >= 11 is 0. The van der Waals surface area contributed by atoms with Crippen LogP contribution in [-0.4, -0.2) is 16.9 Å². The number of amides is 1. The minimum absolute atomic E-state index is 0.191. The van der Waals surface area contributed by atoms with Crippen molar-refractivity contribution < 1.29 is 9.21 Å². The number of benzene rings is 1. The van der Waals surface area contributed by atoms with Gasteiger partial charge in [0.15, 0.2) is 11.5 Å². The van der Waals surface area contributed by atoms with Crippen molar-refractivity contribution in [3.8, 4) is 0 Å². The van der Waals surface area contributed by atoms with Gasteiger partial charge in [0.25, 0.3) is 0 Å². The Balaban J connectivity index is 1.79. The molecule has 0 aliphatic heterocycles. The predicted octanol–water partition coefficient (Wildman–Crippen LogP) is 3.02. The molecule has 1 aromatic heterocycles. The van der Waals surface area contributed by atoms with Crippen LogP contribution >= 0.6 is 0 Å². The maximum absolute atomic E-state index is 12.1. The zero-order valence-corrected chi connectivity index (χ0v) is 12.6. The Bertz CT molecular complexity index is 680. The minimum atomic E-state index is -0.565. The first-order valence-electron chi connectivity index (χ1n) is 7.31. The normalized spacial score (nSPS) is 17.0. The smallest absolute Gasteiger partial charge is 0.241 e. The van der Waals surface area contributed by atoms with Crippen LogP contribution in [-0.2, 0) is 4.79 Å². The summed E-state index contributed by atoms with van der Waals surface area (Å²) in [4.78, 5) is 16.6. The second kappa shape index (κ2) is 4.84. The largest absolute Gasteiger partial charge is 0.440 e. The highest BCUT2D eigenvalue weighted by Gasteiger charge is 2.29. The number of oxazole rings is 1. The summed E-state index contributed by atoms with van der Waals surface area (Å²) in [5.41, 5.74) is 7.90. The van der Waals surface area contributed by atoms with Gasteiger partial charge < -0.3 is 15.5 Å². The molecular weight excluding hydrogens is 266 g/mol. The van der Waals surface area contributed by atoms with Crippen molar-refractivity contribution in [3.63, 3.8) is 0 Å². The molecule has 1 aromatic carbocycles. The number of fused-ring (bicyclic) bond motifs is 1. The Morgan fingerprint density at radius 1 is 1.43 bits per heavy atom. The number of carbonyl (C=O) groups is 1. The third kappa shape index (κ3) is 2.93. The number of aromatic nitrogens is 1. The van der Waals surface area contributed by atoms with Gasteiger partial charge in [0.1, 0.15) is 5.52 Å². The van der Waals surface area contributed by atoms with E-state index in [0.717, 1.165) is 24.2 Å². The molecule has 0 spiro atoms. The monoisotopic (exact) mass is 287 g/mol. The van der Waals surface area contributed by atoms with Crippen LogP contribution in [0.15, 0.2) is 22.6 Å². The molecule has 1 fully saturated rings. The standard InChI is InChI=1S/C16H21N3O2/c1-16(2,3)13(17)14(20)18-10-6-7-11-12(8-10)21-15(19-11)9-4-5-9/h6-9,13H,4-5,17H2,1-3H3,(H,18,20)/t13-/m1/s1. The summed E-state index contributed by atoms with van der Waals surface area (Å²) in [5, 5.41) is 2.84. The number of nitrogens with two attached hydrogens (primary N) is 1. The van der Waals surface area contributed by atoms with E-state index in [4.69, 9.17) is 10.2 Å². The van der Waals surface area contributed by atoms with E-state index < -0.39 is 6.04 Å². The molecule has 1 aliphatic rings. The molecule has 5 nitrogen and oxygen atoms in total. The fourth-order valence-corrected chi connectivity index (χ4v) is 2.14. The van der Waals surface area contributed by atoms with Gasteiger partial charge in [0, 0.05) is 17.7 Å². The molecule has 0 bridgehead atoms. The van der Waals surface area contributed by atoms with Gasteiger partial charge in [0.2, 0.25) is 5.91 Å². The van der Waals surface area contributed by atoms with Crippen molar-refractivity contribution in [1.29, 1.82) is 0 Å². The van der Waals surface area contributed by atoms with Crippen molar-refractivity contribution in [3.05, 3.63) is 24.1 Å². The molecule has 3 N–H and O–H groups in total. The van der Waals surface area contributed by atoms with Gasteiger partial charge in [-0.05, 0) is 30.4 Å². The summed E-state index contributed by atoms with van der Waals surface area (Å²) in [5.74, 6) is 1.09. The summed E-state index contributed by atoms with van der Waals surface area (Å²) in [7, 11) is 0. The highest BCUT2D eigenvalue weighted by Crippen LogP contribution is 2.40. The molecule has 1 amide bonds. The molecule has 1 heterocycles. The lowest BCUT2D eigenvalue weighted by Gasteiger charge is -2.25. The molecule has 0 saturated heterocycles. The number of hydrogen-bond donors (Lipinski definition) is 2. The predicted molar refractivity (Wildman–Crippen MR) is 82.0 cm³/mol. The minimum Gasteiger partial charge on any atom is -0.440 e. The fraction of sp³-hybridized carbons (Fsp3) is 0.500. The van der Waals surface area contributed by atoms with Crippen LogP contribution in [0.25, 0.3) is 11.1 Å². The maximum Gasteiger partial charge on any atom is 0.241 e. The summed E-state index contributed by atoms with van der Waals surface area (Å²) in [6.45, 7) is 5.83. The number of anilines is 1. The highest BCUT2D eigenvalue weighted by molar-refractivity contribution is 5.96. The van der Waals surface area contributed by atoms with E-state index in [1.807, 2.05) is 39.0 Å². The van der Waals surface area contributed by atoms with Gasteiger partial charge in [0.05, 0.1) is 6.04 Å².